The molecule has 0 bridgehead atoms. The zero-order valence-electron chi connectivity index (χ0n) is 15.4. The predicted molar refractivity (Wildman–Crippen MR) is 104 cm³/mol. The Morgan fingerprint density at radius 1 is 1.12 bits per heavy atom. The van der Waals surface area contributed by atoms with E-state index in [0.29, 0.717) is 17.7 Å². The third-order valence-corrected chi connectivity index (χ3v) is 4.83. The van der Waals surface area contributed by atoms with E-state index >= 15 is 0 Å². The highest BCUT2D eigenvalue weighted by molar-refractivity contribution is 7.89. The number of sulfone groups is 1. The quantitative estimate of drug-likeness (QED) is 0.766. The SMILES string of the molecule is CCN(CC)c1ccc(CNC(=O)c2cccc(CS(C)(=O)=O)c2)cn1. The Labute approximate surface area is 155 Å². The third-order valence-electron chi connectivity index (χ3n) is 3.97. The van der Waals surface area contributed by atoms with Crippen molar-refractivity contribution < 1.29 is 13.2 Å². The number of benzene rings is 1. The Morgan fingerprint density at radius 2 is 1.85 bits per heavy atom. The van der Waals surface area contributed by atoms with Crippen LogP contribution in [0.15, 0.2) is 42.6 Å². The smallest absolute Gasteiger partial charge is 0.251 e. The van der Waals surface area contributed by atoms with Gasteiger partial charge in [-0.05, 0) is 43.2 Å². The van der Waals surface area contributed by atoms with Crippen LogP contribution in [0.1, 0.15) is 35.3 Å². The minimum absolute atomic E-state index is 0.0785. The zero-order valence-corrected chi connectivity index (χ0v) is 16.2. The minimum atomic E-state index is -3.13. The van der Waals surface area contributed by atoms with Crippen molar-refractivity contribution in [3.8, 4) is 0 Å². The first-order valence-corrected chi connectivity index (χ1v) is 10.6. The highest BCUT2D eigenvalue weighted by Crippen LogP contribution is 2.12. The second-order valence-corrected chi connectivity index (χ2v) is 8.29. The summed E-state index contributed by atoms with van der Waals surface area (Å²) >= 11 is 0. The average molecular weight is 375 g/mol. The van der Waals surface area contributed by atoms with Crippen LogP contribution in [0.25, 0.3) is 0 Å². The number of nitrogens with one attached hydrogen (secondary N) is 1. The number of hydrogen-bond acceptors (Lipinski definition) is 5. The first-order chi connectivity index (χ1) is 12.3. The minimum Gasteiger partial charge on any atom is -0.357 e. The van der Waals surface area contributed by atoms with Gasteiger partial charge in [-0.3, -0.25) is 4.79 Å². The highest BCUT2D eigenvalue weighted by atomic mass is 32.2. The molecule has 1 amide bonds. The van der Waals surface area contributed by atoms with E-state index in [9.17, 15) is 13.2 Å². The number of amides is 1. The lowest BCUT2D eigenvalue weighted by molar-refractivity contribution is 0.0950. The molecule has 1 heterocycles. The molecule has 2 rings (SSSR count). The van der Waals surface area contributed by atoms with Crippen LogP contribution < -0.4 is 10.2 Å². The summed E-state index contributed by atoms with van der Waals surface area (Å²) in [5.41, 5.74) is 1.95. The van der Waals surface area contributed by atoms with Crippen LogP contribution in [-0.4, -0.2) is 38.7 Å². The van der Waals surface area contributed by atoms with Gasteiger partial charge in [-0.2, -0.15) is 0 Å². The van der Waals surface area contributed by atoms with Gasteiger partial charge < -0.3 is 10.2 Å². The molecule has 26 heavy (non-hydrogen) atoms. The van der Waals surface area contributed by atoms with Gasteiger partial charge >= 0.3 is 0 Å². The first-order valence-electron chi connectivity index (χ1n) is 8.57. The fourth-order valence-corrected chi connectivity index (χ4v) is 3.43. The van der Waals surface area contributed by atoms with Crippen LogP contribution in [0, 0.1) is 0 Å². The summed E-state index contributed by atoms with van der Waals surface area (Å²) in [7, 11) is -3.13. The van der Waals surface area contributed by atoms with Gasteiger partial charge in [-0.25, -0.2) is 13.4 Å². The third kappa shape index (κ3) is 5.84. The molecular weight excluding hydrogens is 350 g/mol. The van der Waals surface area contributed by atoms with E-state index in [0.717, 1.165) is 24.5 Å². The average Bonchev–Trinajstić information content (AvgIpc) is 2.60. The lowest BCUT2D eigenvalue weighted by Gasteiger charge is -2.19. The van der Waals surface area contributed by atoms with Crippen molar-refractivity contribution in [1.29, 1.82) is 0 Å². The molecule has 0 aliphatic carbocycles. The number of pyridine rings is 1. The molecule has 1 aromatic carbocycles. The molecule has 0 fully saturated rings. The maximum absolute atomic E-state index is 12.3. The maximum Gasteiger partial charge on any atom is 0.251 e. The number of carbonyl (C=O) groups excluding carboxylic acids is 1. The molecule has 7 heteroatoms. The van der Waals surface area contributed by atoms with Crippen LogP contribution >= 0.6 is 0 Å². The Morgan fingerprint density at radius 3 is 2.42 bits per heavy atom. The monoisotopic (exact) mass is 375 g/mol. The number of anilines is 1. The van der Waals surface area contributed by atoms with E-state index in [1.807, 2.05) is 12.1 Å². The van der Waals surface area contributed by atoms with Crippen molar-refractivity contribution in [2.75, 3.05) is 24.2 Å². The number of hydrogen-bond donors (Lipinski definition) is 1. The van der Waals surface area contributed by atoms with Crippen LogP contribution in [0.2, 0.25) is 0 Å². The van der Waals surface area contributed by atoms with Crippen molar-refractivity contribution in [3.63, 3.8) is 0 Å². The normalized spacial score (nSPS) is 11.2. The van der Waals surface area contributed by atoms with Crippen molar-refractivity contribution in [2.24, 2.45) is 0 Å². The maximum atomic E-state index is 12.3. The summed E-state index contributed by atoms with van der Waals surface area (Å²) in [5, 5.41) is 2.84. The van der Waals surface area contributed by atoms with E-state index in [1.165, 1.54) is 6.26 Å². The molecule has 0 spiro atoms. The van der Waals surface area contributed by atoms with Crippen LogP contribution in [-0.2, 0) is 22.1 Å². The molecule has 1 N–H and O–H groups in total. The molecule has 0 aliphatic heterocycles. The first kappa shape index (κ1) is 19.9. The van der Waals surface area contributed by atoms with E-state index in [4.69, 9.17) is 0 Å². The molecular formula is C19H25N3O3S. The summed E-state index contributed by atoms with van der Waals surface area (Å²) in [4.78, 5) is 18.9. The van der Waals surface area contributed by atoms with E-state index in [1.54, 1.807) is 30.5 Å². The van der Waals surface area contributed by atoms with Gasteiger partial charge in [0.2, 0.25) is 0 Å². The summed E-state index contributed by atoms with van der Waals surface area (Å²) in [6, 6.07) is 10.6. The molecule has 6 nitrogen and oxygen atoms in total. The van der Waals surface area contributed by atoms with Crippen LogP contribution in [0.4, 0.5) is 5.82 Å². The van der Waals surface area contributed by atoms with Crippen molar-refractivity contribution in [3.05, 3.63) is 59.3 Å². The Balaban J connectivity index is 1.99. The predicted octanol–water partition coefficient (Wildman–Crippen LogP) is 2.40. The standard InChI is InChI=1S/C19H25N3O3S/c1-4-22(5-2)18-10-9-16(12-20-18)13-21-19(23)17-8-6-7-15(11-17)14-26(3,24)25/h6-12H,4-5,13-14H2,1-3H3,(H,21,23). The van der Waals surface area contributed by atoms with Gasteiger partial charge in [-0.15, -0.1) is 0 Å². The van der Waals surface area contributed by atoms with Gasteiger partial charge in [0.25, 0.3) is 5.91 Å². The number of aromatic nitrogens is 1. The van der Waals surface area contributed by atoms with Crippen molar-refractivity contribution >= 4 is 21.6 Å². The largest absolute Gasteiger partial charge is 0.357 e. The zero-order chi connectivity index (χ0) is 19.2. The molecule has 140 valence electrons. The van der Waals surface area contributed by atoms with Crippen LogP contribution in [0.3, 0.4) is 0 Å². The summed E-state index contributed by atoms with van der Waals surface area (Å²) in [6.07, 6.45) is 2.93. The fraction of sp³-hybridized carbons (Fsp3) is 0.368. The molecule has 0 atom stereocenters. The van der Waals surface area contributed by atoms with Gasteiger partial charge in [0.1, 0.15) is 5.82 Å². The van der Waals surface area contributed by atoms with E-state index in [-0.39, 0.29) is 11.7 Å². The van der Waals surface area contributed by atoms with Crippen molar-refractivity contribution in [2.45, 2.75) is 26.1 Å². The Hall–Kier alpha value is -2.41. The number of nitrogens with zero attached hydrogens (tertiary/aromatic N) is 2. The second kappa shape index (κ2) is 8.80. The highest BCUT2D eigenvalue weighted by Gasteiger charge is 2.10. The molecule has 0 radical (unpaired) electrons. The summed E-state index contributed by atoms with van der Waals surface area (Å²) in [6.45, 7) is 6.31. The van der Waals surface area contributed by atoms with Crippen molar-refractivity contribution in [1.82, 2.24) is 10.3 Å². The van der Waals surface area contributed by atoms with Crippen LogP contribution in [0.5, 0.6) is 0 Å². The second-order valence-electron chi connectivity index (χ2n) is 6.15. The molecule has 2 aromatic rings. The van der Waals surface area contributed by atoms with E-state index < -0.39 is 9.84 Å². The van der Waals surface area contributed by atoms with Gasteiger partial charge in [0.15, 0.2) is 9.84 Å². The summed E-state index contributed by atoms with van der Waals surface area (Å²) < 4.78 is 22.8. The molecule has 0 aliphatic rings. The topological polar surface area (TPSA) is 79.4 Å². The Kier molecular flexibility index (Phi) is 6.74. The summed E-state index contributed by atoms with van der Waals surface area (Å²) in [5.74, 6) is 0.594. The molecule has 0 saturated heterocycles. The van der Waals surface area contributed by atoms with Gasteiger partial charge in [0.05, 0.1) is 5.75 Å². The van der Waals surface area contributed by atoms with Gasteiger partial charge in [-0.1, -0.05) is 18.2 Å². The lowest BCUT2D eigenvalue weighted by atomic mass is 10.1. The van der Waals surface area contributed by atoms with E-state index in [2.05, 4.69) is 29.0 Å². The lowest BCUT2D eigenvalue weighted by Crippen LogP contribution is -2.24. The Bertz CT molecular complexity index is 845. The molecule has 0 unspecified atom stereocenters. The molecule has 1 aromatic heterocycles. The molecule has 0 saturated carbocycles. The van der Waals surface area contributed by atoms with Gasteiger partial charge in [0, 0.05) is 37.7 Å². The number of carbonyl (C=O) groups is 1. The number of rotatable bonds is 8. The fourth-order valence-electron chi connectivity index (χ4n) is 2.65.